The highest BCUT2D eigenvalue weighted by Gasteiger charge is 2.13. The van der Waals surface area contributed by atoms with Crippen LogP contribution in [0.4, 0.5) is 5.69 Å². The second kappa shape index (κ2) is 7.36. The van der Waals surface area contributed by atoms with Crippen LogP contribution in [0.15, 0.2) is 40.3 Å². The van der Waals surface area contributed by atoms with Gasteiger partial charge >= 0.3 is 11.7 Å². The molecule has 0 spiro atoms. The molecule has 0 aliphatic carbocycles. The van der Waals surface area contributed by atoms with Crippen molar-refractivity contribution >= 4 is 29.3 Å². The van der Waals surface area contributed by atoms with Gasteiger partial charge in [-0.15, -0.1) is 0 Å². The maximum absolute atomic E-state index is 11.9. The van der Waals surface area contributed by atoms with Gasteiger partial charge in [-0.3, -0.25) is 4.79 Å². The lowest BCUT2D eigenvalue weighted by molar-refractivity contribution is -0.113. The number of nitrogens with zero attached hydrogens (tertiary/aromatic N) is 2. The van der Waals surface area contributed by atoms with E-state index < -0.39 is 11.7 Å². The van der Waals surface area contributed by atoms with Crippen LogP contribution in [0.5, 0.6) is 0 Å². The van der Waals surface area contributed by atoms with E-state index in [0.717, 1.165) is 11.8 Å². The number of amides is 1. The maximum Gasteiger partial charge on any atom is 0.362 e. The SMILES string of the molecule is COC(=O)c1ccccc1NC(=O)CSc1cn[nH]c(=O)n1. The summed E-state index contributed by atoms with van der Waals surface area (Å²) >= 11 is 1.06. The summed E-state index contributed by atoms with van der Waals surface area (Å²) in [7, 11) is 1.27. The number of methoxy groups -OCH3 is 1. The van der Waals surface area contributed by atoms with Crippen molar-refractivity contribution in [2.75, 3.05) is 18.2 Å². The number of aromatic amines is 1. The quantitative estimate of drug-likeness (QED) is 0.615. The number of H-pyrrole nitrogens is 1. The van der Waals surface area contributed by atoms with E-state index in [-0.39, 0.29) is 17.2 Å². The lowest BCUT2D eigenvalue weighted by Gasteiger charge is -2.09. The minimum atomic E-state index is -0.582. The van der Waals surface area contributed by atoms with Gasteiger partial charge in [0, 0.05) is 0 Å². The first-order valence-electron chi connectivity index (χ1n) is 6.12. The topological polar surface area (TPSA) is 114 Å². The molecule has 8 nitrogen and oxygen atoms in total. The molecule has 9 heteroatoms. The zero-order valence-corrected chi connectivity index (χ0v) is 12.3. The second-order valence-corrected chi connectivity index (χ2v) is 4.99. The van der Waals surface area contributed by atoms with E-state index in [1.807, 2.05) is 0 Å². The van der Waals surface area contributed by atoms with Crippen molar-refractivity contribution in [2.45, 2.75) is 5.03 Å². The van der Waals surface area contributed by atoms with Crippen LogP contribution in [0.3, 0.4) is 0 Å². The fourth-order valence-electron chi connectivity index (χ4n) is 1.57. The molecular weight excluding hydrogens is 308 g/mol. The Morgan fingerprint density at radius 3 is 2.86 bits per heavy atom. The van der Waals surface area contributed by atoms with Gasteiger partial charge in [-0.05, 0) is 12.1 Å². The van der Waals surface area contributed by atoms with E-state index in [4.69, 9.17) is 0 Å². The van der Waals surface area contributed by atoms with Gasteiger partial charge in [0.05, 0.1) is 30.3 Å². The van der Waals surface area contributed by atoms with E-state index in [0.29, 0.717) is 10.7 Å². The Morgan fingerprint density at radius 2 is 2.14 bits per heavy atom. The number of carbonyl (C=O) groups excluding carboxylic acids is 2. The smallest absolute Gasteiger partial charge is 0.362 e. The highest BCUT2D eigenvalue weighted by Crippen LogP contribution is 2.17. The Hall–Kier alpha value is -2.68. The highest BCUT2D eigenvalue weighted by atomic mass is 32.2. The summed E-state index contributed by atoms with van der Waals surface area (Å²) in [4.78, 5) is 38.1. The highest BCUT2D eigenvalue weighted by molar-refractivity contribution is 7.99. The van der Waals surface area contributed by atoms with Gasteiger partial charge in [-0.1, -0.05) is 23.9 Å². The molecule has 1 aromatic heterocycles. The molecule has 2 N–H and O–H groups in total. The number of benzene rings is 1. The zero-order valence-electron chi connectivity index (χ0n) is 11.5. The van der Waals surface area contributed by atoms with Crippen LogP contribution in [0.25, 0.3) is 0 Å². The summed E-state index contributed by atoms with van der Waals surface area (Å²) in [5.41, 5.74) is 0.0395. The van der Waals surface area contributed by atoms with Gasteiger partial charge in [0.25, 0.3) is 0 Å². The molecule has 0 fully saturated rings. The molecule has 1 amide bonds. The molecular formula is C13H12N4O4S. The molecule has 0 radical (unpaired) electrons. The Balaban J connectivity index is 2.01. The third-order valence-corrected chi connectivity index (χ3v) is 3.40. The molecule has 114 valence electrons. The number of para-hydroxylation sites is 1. The van der Waals surface area contributed by atoms with Crippen LogP contribution in [0.2, 0.25) is 0 Å². The monoisotopic (exact) mass is 320 g/mol. The third-order valence-electron chi connectivity index (χ3n) is 2.50. The summed E-state index contributed by atoms with van der Waals surface area (Å²) in [5, 5.41) is 8.67. The lowest BCUT2D eigenvalue weighted by Crippen LogP contribution is -2.18. The predicted molar refractivity (Wildman–Crippen MR) is 79.8 cm³/mol. The van der Waals surface area contributed by atoms with Gasteiger partial charge in [-0.25, -0.2) is 14.7 Å². The predicted octanol–water partition coefficient (Wildman–Crippen LogP) is 0.682. The number of hydrogen-bond acceptors (Lipinski definition) is 7. The summed E-state index contributed by atoms with van der Waals surface area (Å²) in [5.74, 6) is -0.861. The van der Waals surface area contributed by atoms with Crippen molar-refractivity contribution in [3.63, 3.8) is 0 Å². The number of rotatable bonds is 5. The fraction of sp³-hybridized carbons (Fsp3) is 0.154. The molecule has 0 saturated carbocycles. The molecule has 0 aliphatic heterocycles. The van der Waals surface area contributed by atoms with E-state index in [1.54, 1.807) is 24.3 Å². The molecule has 2 aromatic rings. The van der Waals surface area contributed by atoms with Gasteiger partial charge in [0.15, 0.2) is 0 Å². The molecule has 0 aliphatic rings. The average molecular weight is 320 g/mol. The van der Waals surface area contributed by atoms with Crippen molar-refractivity contribution in [1.29, 1.82) is 0 Å². The van der Waals surface area contributed by atoms with Crippen molar-refractivity contribution in [2.24, 2.45) is 0 Å². The van der Waals surface area contributed by atoms with Crippen LogP contribution >= 0.6 is 11.8 Å². The van der Waals surface area contributed by atoms with E-state index in [9.17, 15) is 14.4 Å². The van der Waals surface area contributed by atoms with E-state index in [2.05, 4.69) is 25.2 Å². The van der Waals surface area contributed by atoms with Crippen LogP contribution < -0.4 is 11.0 Å². The Kier molecular flexibility index (Phi) is 5.26. The first-order chi connectivity index (χ1) is 10.6. The van der Waals surface area contributed by atoms with Crippen molar-refractivity contribution in [1.82, 2.24) is 15.2 Å². The second-order valence-electron chi connectivity index (χ2n) is 4.00. The van der Waals surface area contributed by atoms with Crippen molar-refractivity contribution in [3.8, 4) is 0 Å². The van der Waals surface area contributed by atoms with Crippen LogP contribution in [0, 0.1) is 0 Å². The summed E-state index contributed by atoms with van der Waals surface area (Å²) in [6, 6.07) is 6.51. The summed E-state index contributed by atoms with van der Waals surface area (Å²) < 4.78 is 4.65. The summed E-state index contributed by atoms with van der Waals surface area (Å²) in [6.07, 6.45) is 1.35. The molecule has 0 saturated heterocycles. The molecule has 0 unspecified atom stereocenters. The van der Waals surface area contributed by atoms with Gasteiger partial charge in [0.1, 0.15) is 5.03 Å². The summed E-state index contributed by atoms with van der Waals surface area (Å²) in [6.45, 7) is 0. The first-order valence-corrected chi connectivity index (χ1v) is 7.10. The van der Waals surface area contributed by atoms with Gasteiger partial charge in [-0.2, -0.15) is 10.1 Å². The normalized spacial score (nSPS) is 10.0. The van der Waals surface area contributed by atoms with Crippen LogP contribution in [-0.4, -0.2) is 39.9 Å². The first kappa shape index (κ1) is 15.7. The molecule has 1 aromatic carbocycles. The molecule has 22 heavy (non-hydrogen) atoms. The lowest BCUT2D eigenvalue weighted by atomic mass is 10.2. The zero-order chi connectivity index (χ0) is 15.9. The number of ether oxygens (including phenoxy) is 1. The number of thioether (sulfide) groups is 1. The van der Waals surface area contributed by atoms with Crippen LogP contribution in [-0.2, 0) is 9.53 Å². The molecule has 0 bridgehead atoms. The number of hydrogen-bond donors (Lipinski definition) is 2. The van der Waals surface area contributed by atoms with Gasteiger partial charge < -0.3 is 10.1 Å². The Labute approximate surface area is 129 Å². The number of carbonyl (C=O) groups is 2. The van der Waals surface area contributed by atoms with Crippen LogP contribution in [0.1, 0.15) is 10.4 Å². The van der Waals surface area contributed by atoms with E-state index >= 15 is 0 Å². The van der Waals surface area contributed by atoms with Crippen molar-refractivity contribution < 1.29 is 14.3 Å². The molecule has 1 heterocycles. The fourth-order valence-corrected chi connectivity index (χ4v) is 2.20. The number of anilines is 1. The number of esters is 1. The maximum atomic E-state index is 11.9. The minimum Gasteiger partial charge on any atom is -0.465 e. The Morgan fingerprint density at radius 1 is 1.36 bits per heavy atom. The Bertz CT molecular complexity index is 747. The number of aromatic nitrogens is 3. The largest absolute Gasteiger partial charge is 0.465 e. The third kappa shape index (κ3) is 4.16. The molecule has 0 atom stereocenters. The molecule has 2 rings (SSSR count). The van der Waals surface area contributed by atoms with Crippen molar-refractivity contribution in [3.05, 3.63) is 46.5 Å². The standard InChI is InChI=1S/C13H12N4O4S/c1-21-12(19)8-4-2-3-5-9(8)15-10(18)7-22-11-6-14-17-13(20)16-11/h2-6H,7H2,1H3,(H,15,18)(H,16,17,20). The van der Waals surface area contributed by atoms with Gasteiger partial charge in [0.2, 0.25) is 5.91 Å². The minimum absolute atomic E-state index is 0.0215. The average Bonchev–Trinajstić information content (AvgIpc) is 2.53. The van der Waals surface area contributed by atoms with E-state index in [1.165, 1.54) is 13.3 Å². The number of nitrogens with one attached hydrogen (secondary N) is 2.